The third-order valence-electron chi connectivity index (χ3n) is 11.2. The Morgan fingerprint density at radius 3 is 1.21 bits per heavy atom. The molecule has 0 aliphatic carbocycles. The molecule has 0 saturated carbocycles. The van der Waals surface area contributed by atoms with Gasteiger partial charge in [-0.2, -0.15) is 0 Å². The van der Waals surface area contributed by atoms with Crippen molar-refractivity contribution in [1.29, 1.82) is 0 Å². The maximum Gasteiger partial charge on any atom is 0.278 e. The number of benzene rings is 6. The summed E-state index contributed by atoms with van der Waals surface area (Å²) in [6, 6.07) is 45.8. The molecule has 8 rings (SSSR count). The highest BCUT2D eigenvalue weighted by atomic mass is 16.7. The molecule has 62 heavy (non-hydrogen) atoms. The van der Waals surface area contributed by atoms with Gasteiger partial charge in [0.2, 0.25) is 11.8 Å². The minimum Gasteiger partial charge on any atom is -0.497 e. The van der Waals surface area contributed by atoms with E-state index in [4.69, 9.17) is 19.1 Å². The number of hydroxylamine groups is 4. The molecule has 2 N–H and O–H groups in total. The fourth-order valence-electron chi connectivity index (χ4n) is 8.16. The number of rotatable bonds is 15. The van der Waals surface area contributed by atoms with Crippen LogP contribution in [0.15, 0.2) is 158 Å². The van der Waals surface area contributed by atoms with E-state index in [0.717, 1.165) is 11.1 Å². The van der Waals surface area contributed by atoms with E-state index in [0.29, 0.717) is 44.9 Å². The molecule has 6 aromatic rings. The zero-order valence-electron chi connectivity index (χ0n) is 34.3. The summed E-state index contributed by atoms with van der Waals surface area (Å²) < 4.78 is 10.8. The molecule has 12 nitrogen and oxygen atoms in total. The van der Waals surface area contributed by atoms with E-state index < -0.39 is 23.9 Å². The summed E-state index contributed by atoms with van der Waals surface area (Å²) in [6.07, 6.45) is 0. The van der Waals surface area contributed by atoms with Gasteiger partial charge >= 0.3 is 0 Å². The summed E-state index contributed by atoms with van der Waals surface area (Å²) in [4.78, 5) is 70.0. The topological polar surface area (TPSA) is 136 Å². The zero-order chi connectivity index (χ0) is 43.0. The minimum atomic E-state index is -0.880. The molecule has 0 bridgehead atoms. The van der Waals surface area contributed by atoms with Gasteiger partial charge in [0.25, 0.3) is 11.8 Å². The van der Waals surface area contributed by atoms with E-state index in [1.807, 2.05) is 84.9 Å². The van der Waals surface area contributed by atoms with Crippen LogP contribution in [0.2, 0.25) is 0 Å². The van der Waals surface area contributed by atoms with Crippen LogP contribution in [-0.4, -0.2) is 61.1 Å². The van der Waals surface area contributed by atoms with Crippen molar-refractivity contribution < 1.29 is 38.3 Å². The number of fused-ring (bicyclic) bond motifs is 2. The van der Waals surface area contributed by atoms with Crippen molar-refractivity contribution in [1.82, 2.24) is 20.8 Å². The van der Waals surface area contributed by atoms with Crippen LogP contribution >= 0.6 is 0 Å². The number of hydrogen-bond acceptors (Lipinski definition) is 8. The number of nitrogens with zero attached hydrogens (tertiary/aromatic N) is 2. The molecule has 4 atom stereocenters. The first kappa shape index (κ1) is 41.5. The number of carbonyl (C=O) groups is 4. The number of nitrogens with one attached hydrogen (secondary N) is 2. The lowest BCUT2D eigenvalue weighted by Gasteiger charge is -2.41. The Kier molecular flexibility index (Phi) is 12.7. The maximum atomic E-state index is 14.5. The van der Waals surface area contributed by atoms with Crippen LogP contribution in [0, 0.1) is 0 Å². The second-order valence-electron chi connectivity index (χ2n) is 14.9. The van der Waals surface area contributed by atoms with Crippen molar-refractivity contribution in [3.63, 3.8) is 0 Å². The Balaban J connectivity index is 1.05. The molecular formula is C50H46N4O8. The molecule has 0 radical (unpaired) electrons. The Hall–Kier alpha value is -7.28. The van der Waals surface area contributed by atoms with Gasteiger partial charge in [-0.25, -0.2) is 10.1 Å². The summed E-state index contributed by atoms with van der Waals surface area (Å²) in [7, 11) is 3.14. The van der Waals surface area contributed by atoms with Gasteiger partial charge < -0.3 is 20.1 Å². The van der Waals surface area contributed by atoms with E-state index in [1.165, 1.54) is 10.1 Å². The zero-order valence-corrected chi connectivity index (χ0v) is 34.3. The summed E-state index contributed by atoms with van der Waals surface area (Å²) in [5.74, 6) is -1.98. The van der Waals surface area contributed by atoms with Gasteiger partial charge in [0.1, 0.15) is 36.8 Å². The molecule has 2 aliphatic rings. The molecule has 0 spiro atoms. The van der Waals surface area contributed by atoms with E-state index in [1.54, 1.807) is 87.0 Å². The second-order valence-corrected chi connectivity index (χ2v) is 14.9. The van der Waals surface area contributed by atoms with Gasteiger partial charge in [-0.05, 0) is 69.8 Å². The molecule has 0 fully saturated rings. The average Bonchev–Trinajstić information content (AvgIpc) is 3.32. The number of hydrogen-bond donors (Lipinski definition) is 2. The lowest BCUT2D eigenvalue weighted by atomic mass is 9.80. The molecule has 0 saturated heterocycles. The van der Waals surface area contributed by atoms with Crippen LogP contribution in [0.3, 0.4) is 0 Å². The molecule has 6 aromatic carbocycles. The SMILES string of the molecule is COc1ccc([C@@H]2[C@@H](C(=O)NCCNC(=O)[C@H]3c4ccccc4C(=O)N(OCc4ccccc4)[C@@H]3c3ccc(OC)cc3)c3ccccc3C(=O)N2OCc2ccccc2)cc1. The molecule has 2 heterocycles. The minimum absolute atomic E-state index is 0.0616. The van der Waals surface area contributed by atoms with Crippen molar-refractivity contribution in [2.75, 3.05) is 27.3 Å². The normalized spacial score (nSPS) is 18.0. The summed E-state index contributed by atoms with van der Waals surface area (Å²) >= 11 is 0. The Labute approximate surface area is 359 Å². The summed E-state index contributed by atoms with van der Waals surface area (Å²) in [6.45, 7) is 0.325. The van der Waals surface area contributed by atoms with Crippen molar-refractivity contribution in [3.05, 3.63) is 202 Å². The molecule has 2 aliphatic heterocycles. The lowest BCUT2D eigenvalue weighted by Crippen LogP contribution is -2.49. The first-order valence-electron chi connectivity index (χ1n) is 20.4. The largest absolute Gasteiger partial charge is 0.497 e. The first-order chi connectivity index (χ1) is 30.4. The highest BCUT2D eigenvalue weighted by Crippen LogP contribution is 2.45. The second kappa shape index (κ2) is 19.0. The van der Waals surface area contributed by atoms with Gasteiger partial charge in [0, 0.05) is 24.2 Å². The fourth-order valence-corrected chi connectivity index (χ4v) is 8.16. The Bertz CT molecular complexity index is 2340. The quantitative estimate of drug-likeness (QED) is 0.102. The molecule has 0 aromatic heterocycles. The van der Waals surface area contributed by atoms with Crippen molar-refractivity contribution >= 4 is 23.6 Å². The highest BCUT2D eigenvalue weighted by molar-refractivity contribution is 6.02. The van der Waals surface area contributed by atoms with Crippen LogP contribution in [0.4, 0.5) is 0 Å². The molecule has 314 valence electrons. The van der Waals surface area contributed by atoms with E-state index in [-0.39, 0.29) is 49.9 Å². The maximum absolute atomic E-state index is 14.5. The average molecular weight is 831 g/mol. The third-order valence-corrected chi connectivity index (χ3v) is 11.2. The van der Waals surface area contributed by atoms with Crippen molar-refractivity contribution in [2.45, 2.75) is 37.1 Å². The monoisotopic (exact) mass is 830 g/mol. The third kappa shape index (κ3) is 8.65. The van der Waals surface area contributed by atoms with Gasteiger partial charge in [0.15, 0.2) is 0 Å². The number of carbonyl (C=O) groups excluding carboxylic acids is 4. The predicted molar refractivity (Wildman–Crippen MR) is 231 cm³/mol. The van der Waals surface area contributed by atoms with Crippen LogP contribution < -0.4 is 20.1 Å². The van der Waals surface area contributed by atoms with Crippen LogP contribution in [-0.2, 0) is 32.5 Å². The lowest BCUT2D eigenvalue weighted by molar-refractivity contribution is -0.172. The standard InChI is InChI=1S/C50H46N4O8/c1-59-37-25-21-35(22-26-37)45-43(39-17-9-11-19-41(39)49(57)53(45)61-31-33-13-5-3-6-14-33)47(55)51-29-30-52-48(56)44-40-18-10-12-20-42(40)50(58)54(62-32-34-15-7-4-8-16-34)46(44)36-23-27-38(60-2)28-24-36/h3-28,43-46H,29-32H2,1-2H3,(H,51,55)(H,52,56)/t43-,44-,45+,46+/m0/s1. The van der Waals surface area contributed by atoms with E-state index >= 15 is 0 Å². The smallest absolute Gasteiger partial charge is 0.278 e. The number of ether oxygens (including phenoxy) is 2. The van der Waals surface area contributed by atoms with E-state index in [2.05, 4.69) is 10.6 Å². The Morgan fingerprint density at radius 1 is 0.484 bits per heavy atom. The molecule has 0 unspecified atom stereocenters. The van der Waals surface area contributed by atoms with Gasteiger partial charge in [-0.15, -0.1) is 0 Å². The van der Waals surface area contributed by atoms with Gasteiger partial charge in [-0.3, -0.25) is 28.9 Å². The molecule has 12 heteroatoms. The number of methoxy groups -OCH3 is 2. The van der Waals surface area contributed by atoms with Crippen molar-refractivity contribution in [3.8, 4) is 11.5 Å². The summed E-state index contributed by atoms with van der Waals surface area (Å²) in [5, 5.41) is 8.68. The van der Waals surface area contributed by atoms with Crippen LogP contribution in [0.25, 0.3) is 0 Å². The first-order valence-corrected chi connectivity index (χ1v) is 20.4. The molecular weight excluding hydrogens is 785 g/mol. The Morgan fingerprint density at radius 2 is 0.839 bits per heavy atom. The van der Waals surface area contributed by atoms with Crippen molar-refractivity contribution in [2.24, 2.45) is 0 Å². The predicted octanol–water partition coefficient (Wildman–Crippen LogP) is 7.46. The molecule has 4 amide bonds. The van der Waals surface area contributed by atoms with Gasteiger partial charge in [-0.1, -0.05) is 121 Å². The van der Waals surface area contributed by atoms with Crippen LogP contribution in [0.1, 0.15) is 78.0 Å². The van der Waals surface area contributed by atoms with Gasteiger partial charge in [0.05, 0.1) is 26.1 Å². The number of amides is 4. The summed E-state index contributed by atoms with van der Waals surface area (Å²) in [5.41, 5.74) is 4.87. The highest BCUT2D eigenvalue weighted by Gasteiger charge is 2.47. The van der Waals surface area contributed by atoms with Crippen LogP contribution in [0.5, 0.6) is 11.5 Å². The fraction of sp³-hybridized carbons (Fsp3) is 0.200. The van der Waals surface area contributed by atoms with E-state index in [9.17, 15) is 19.2 Å².